The van der Waals surface area contributed by atoms with E-state index < -0.39 is 5.54 Å². The molecule has 2 amide bonds. The predicted octanol–water partition coefficient (Wildman–Crippen LogP) is 2.61. The molecule has 2 aliphatic carbocycles. The number of rotatable bonds is 2. The summed E-state index contributed by atoms with van der Waals surface area (Å²) in [5, 5.41) is 3.11. The summed E-state index contributed by atoms with van der Waals surface area (Å²) in [6.07, 6.45) is 8.12. The summed E-state index contributed by atoms with van der Waals surface area (Å²) in [4.78, 5) is 28.1. The highest BCUT2D eigenvalue weighted by molar-refractivity contribution is 6.00. The second kappa shape index (κ2) is 4.99. The Bertz CT molecular complexity index is 446. The number of nitrogens with one attached hydrogen (secondary N) is 1. The first-order chi connectivity index (χ1) is 9.90. The van der Waals surface area contributed by atoms with Crippen LogP contribution < -0.4 is 5.32 Å². The molecule has 1 N–H and O–H groups in total. The highest BCUT2D eigenvalue weighted by Crippen LogP contribution is 2.43. The summed E-state index contributed by atoms with van der Waals surface area (Å²) in [6, 6.07) is -0.299. The van der Waals surface area contributed by atoms with Crippen LogP contribution in [-0.4, -0.2) is 33.8 Å². The van der Waals surface area contributed by atoms with Crippen LogP contribution >= 0.6 is 0 Å². The lowest BCUT2D eigenvalue weighted by atomic mass is 9.82. The second-order valence-corrected chi connectivity index (χ2v) is 7.85. The highest BCUT2D eigenvalue weighted by atomic mass is 16.2. The fraction of sp³-hybridized carbons (Fsp3) is 0.882. The van der Waals surface area contributed by atoms with Crippen molar-refractivity contribution in [2.24, 2.45) is 5.92 Å². The molecular formula is C17H28N2O2. The van der Waals surface area contributed by atoms with Gasteiger partial charge in [0.2, 0.25) is 11.8 Å². The van der Waals surface area contributed by atoms with E-state index in [0.29, 0.717) is 0 Å². The molecule has 118 valence electrons. The Morgan fingerprint density at radius 1 is 1.05 bits per heavy atom. The van der Waals surface area contributed by atoms with Gasteiger partial charge in [-0.1, -0.05) is 39.5 Å². The highest BCUT2D eigenvalue weighted by Gasteiger charge is 2.57. The largest absolute Gasteiger partial charge is 0.340 e. The van der Waals surface area contributed by atoms with Gasteiger partial charge in [-0.15, -0.1) is 0 Å². The van der Waals surface area contributed by atoms with Crippen LogP contribution in [0.1, 0.15) is 72.1 Å². The third-order valence-electron chi connectivity index (χ3n) is 5.89. The molecule has 1 heterocycles. The maximum absolute atomic E-state index is 13.3. The van der Waals surface area contributed by atoms with E-state index in [-0.39, 0.29) is 29.3 Å². The molecule has 1 aliphatic heterocycles. The number of nitrogens with zero attached hydrogens (tertiary/aromatic N) is 1. The Morgan fingerprint density at radius 2 is 1.57 bits per heavy atom. The monoisotopic (exact) mass is 292 g/mol. The van der Waals surface area contributed by atoms with Gasteiger partial charge in [0, 0.05) is 5.54 Å². The van der Waals surface area contributed by atoms with Gasteiger partial charge in [0.05, 0.1) is 0 Å². The fourth-order valence-corrected chi connectivity index (χ4v) is 4.71. The minimum atomic E-state index is -0.589. The van der Waals surface area contributed by atoms with Gasteiger partial charge in [-0.05, 0) is 38.5 Å². The third-order valence-corrected chi connectivity index (χ3v) is 5.89. The molecule has 3 aliphatic rings. The molecule has 3 fully saturated rings. The van der Waals surface area contributed by atoms with E-state index in [4.69, 9.17) is 0 Å². The van der Waals surface area contributed by atoms with Crippen LogP contribution in [0, 0.1) is 5.92 Å². The summed E-state index contributed by atoms with van der Waals surface area (Å²) in [5.74, 6) is 0.424. The number of hydrogen-bond donors (Lipinski definition) is 1. The second-order valence-electron chi connectivity index (χ2n) is 7.85. The minimum Gasteiger partial charge on any atom is -0.340 e. The van der Waals surface area contributed by atoms with Crippen molar-refractivity contribution in [3.05, 3.63) is 0 Å². The molecule has 0 radical (unpaired) electrons. The predicted molar refractivity (Wildman–Crippen MR) is 81.7 cm³/mol. The van der Waals surface area contributed by atoms with Gasteiger partial charge in [0.25, 0.3) is 0 Å². The Kier molecular flexibility index (Phi) is 3.53. The number of carbonyl (C=O) groups is 2. The molecule has 0 bridgehead atoms. The van der Waals surface area contributed by atoms with Gasteiger partial charge in [0.1, 0.15) is 11.6 Å². The summed E-state index contributed by atoms with van der Waals surface area (Å²) >= 11 is 0. The molecule has 21 heavy (non-hydrogen) atoms. The smallest absolute Gasteiger partial charge is 0.249 e. The van der Waals surface area contributed by atoms with Crippen LogP contribution in [0.3, 0.4) is 0 Å². The first kappa shape index (κ1) is 14.9. The van der Waals surface area contributed by atoms with Crippen molar-refractivity contribution < 1.29 is 9.59 Å². The Morgan fingerprint density at radius 3 is 2.10 bits per heavy atom. The molecule has 1 saturated heterocycles. The van der Waals surface area contributed by atoms with E-state index in [1.807, 2.05) is 4.90 Å². The number of piperazine rings is 1. The van der Waals surface area contributed by atoms with Crippen molar-refractivity contribution in [3.8, 4) is 0 Å². The lowest BCUT2D eigenvalue weighted by molar-refractivity contribution is -0.164. The molecule has 0 aromatic rings. The van der Waals surface area contributed by atoms with Crippen LogP contribution in [0.15, 0.2) is 0 Å². The standard InChI is InChI=1S/C17H28N2O2/c1-12(2)13-14(20)18-17(10-6-7-11-17)15(21)19(13)16(3)8-4-5-9-16/h12-13H,4-11H2,1-3H3,(H,18,20). The van der Waals surface area contributed by atoms with Crippen molar-refractivity contribution in [2.45, 2.75) is 89.3 Å². The lowest BCUT2D eigenvalue weighted by Crippen LogP contribution is -2.74. The molecule has 1 atom stereocenters. The maximum atomic E-state index is 13.3. The van der Waals surface area contributed by atoms with Gasteiger partial charge in [-0.25, -0.2) is 0 Å². The zero-order valence-corrected chi connectivity index (χ0v) is 13.6. The van der Waals surface area contributed by atoms with E-state index in [1.165, 1.54) is 12.8 Å². The van der Waals surface area contributed by atoms with E-state index in [0.717, 1.165) is 38.5 Å². The number of hydrogen-bond acceptors (Lipinski definition) is 2. The summed E-state index contributed by atoms with van der Waals surface area (Å²) < 4.78 is 0. The normalized spacial score (nSPS) is 31.2. The van der Waals surface area contributed by atoms with Crippen molar-refractivity contribution in [1.82, 2.24) is 10.2 Å². The zero-order chi connectivity index (χ0) is 15.3. The summed E-state index contributed by atoms with van der Waals surface area (Å²) in [7, 11) is 0. The van der Waals surface area contributed by atoms with Crippen LogP contribution in [0.4, 0.5) is 0 Å². The van der Waals surface area contributed by atoms with Gasteiger partial charge >= 0.3 is 0 Å². The van der Waals surface area contributed by atoms with Crippen LogP contribution in [0.2, 0.25) is 0 Å². The number of carbonyl (C=O) groups excluding carboxylic acids is 2. The number of amides is 2. The van der Waals surface area contributed by atoms with Crippen molar-refractivity contribution in [1.29, 1.82) is 0 Å². The SMILES string of the molecule is CC(C)C1C(=O)NC2(CCCC2)C(=O)N1C1(C)CCCC1. The molecule has 4 nitrogen and oxygen atoms in total. The van der Waals surface area contributed by atoms with Crippen LogP contribution in [0.5, 0.6) is 0 Å². The molecule has 2 saturated carbocycles. The van der Waals surface area contributed by atoms with Gasteiger partial charge in [0.15, 0.2) is 0 Å². The Balaban J connectivity index is 2.01. The topological polar surface area (TPSA) is 49.4 Å². The quantitative estimate of drug-likeness (QED) is 0.850. The Labute approximate surface area is 127 Å². The average molecular weight is 292 g/mol. The summed E-state index contributed by atoms with van der Waals surface area (Å²) in [6.45, 7) is 6.29. The van der Waals surface area contributed by atoms with E-state index in [2.05, 4.69) is 26.1 Å². The Hall–Kier alpha value is -1.06. The fourth-order valence-electron chi connectivity index (χ4n) is 4.71. The molecule has 0 aromatic heterocycles. The van der Waals surface area contributed by atoms with Crippen LogP contribution in [-0.2, 0) is 9.59 Å². The van der Waals surface area contributed by atoms with Crippen molar-refractivity contribution in [2.75, 3.05) is 0 Å². The molecular weight excluding hydrogens is 264 g/mol. The van der Waals surface area contributed by atoms with E-state index in [9.17, 15) is 9.59 Å². The molecule has 1 spiro atoms. The van der Waals surface area contributed by atoms with Crippen molar-refractivity contribution >= 4 is 11.8 Å². The third kappa shape index (κ3) is 2.18. The first-order valence-electron chi connectivity index (χ1n) is 8.55. The maximum Gasteiger partial charge on any atom is 0.249 e. The van der Waals surface area contributed by atoms with E-state index >= 15 is 0 Å². The van der Waals surface area contributed by atoms with Crippen LogP contribution in [0.25, 0.3) is 0 Å². The summed E-state index contributed by atoms with van der Waals surface area (Å²) in [5.41, 5.74) is -0.715. The first-order valence-corrected chi connectivity index (χ1v) is 8.55. The van der Waals surface area contributed by atoms with Gasteiger partial charge in [-0.3, -0.25) is 9.59 Å². The van der Waals surface area contributed by atoms with E-state index in [1.54, 1.807) is 0 Å². The minimum absolute atomic E-state index is 0.0691. The lowest BCUT2D eigenvalue weighted by Gasteiger charge is -2.52. The molecule has 1 unspecified atom stereocenters. The molecule has 0 aromatic carbocycles. The average Bonchev–Trinajstić information content (AvgIpc) is 3.04. The molecule has 3 rings (SSSR count). The zero-order valence-electron chi connectivity index (χ0n) is 13.6. The van der Waals surface area contributed by atoms with Crippen molar-refractivity contribution in [3.63, 3.8) is 0 Å². The molecule has 4 heteroatoms. The van der Waals surface area contributed by atoms with Gasteiger partial charge < -0.3 is 10.2 Å². The van der Waals surface area contributed by atoms with Gasteiger partial charge in [-0.2, -0.15) is 0 Å².